The van der Waals surface area contributed by atoms with Gasteiger partial charge in [-0.3, -0.25) is 0 Å². The molecule has 0 spiro atoms. The summed E-state index contributed by atoms with van der Waals surface area (Å²) < 4.78 is 5.29. The molecular weight excluding hydrogens is 198 g/mol. The Morgan fingerprint density at radius 2 is 2.00 bits per heavy atom. The number of nitrogen functional groups attached to an aromatic ring is 1. The molecule has 0 aromatic heterocycles. The lowest BCUT2D eigenvalue weighted by atomic mass is 10.0. The minimum absolute atomic E-state index is 0.782. The number of rotatable bonds is 3. The zero-order valence-electron chi connectivity index (χ0n) is 9.23. The number of hydrogen-bond acceptors (Lipinski definition) is 2. The first-order chi connectivity index (χ1) is 7.81. The lowest BCUT2D eigenvalue weighted by molar-refractivity contribution is 0.410. The molecule has 2 aromatic carbocycles. The zero-order valence-corrected chi connectivity index (χ0v) is 9.23. The fourth-order valence-electron chi connectivity index (χ4n) is 1.68. The van der Waals surface area contributed by atoms with Gasteiger partial charge in [-0.05, 0) is 29.3 Å². The first-order valence-corrected chi connectivity index (χ1v) is 5.17. The highest BCUT2D eigenvalue weighted by Gasteiger charge is 2.04. The predicted molar refractivity (Wildman–Crippen MR) is 65.5 cm³/mol. The third-order valence-electron chi connectivity index (χ3n) is 2.57. The first kappa shape index (κ1) is 10.6. The molecule has 2 aromatic rings. The van der Waals surface area contributed by atoms with Crippen LogP contribution in [0.25, 0.3) is 0 Å². The van der Waals surface area contributed by atoms with E-state index in [0.717, 1.165) is 29.0 Å². The summed E-state index contributed by atoms with van der Waals surface area (Å²) in [5.41, 5.74) is 8.97. The normalized spacial score (nSPS) is 10.1. The van der Waals surface area contributed by atoms with Crippen molar-refractivity contribution < 1.29 is 4.74 Å². The van der Waals surface area contributed by atoms with E-state index in [9.17, 15) is 0 Å². The Bertz CT molecular complexity index is 480. The first-order valence-electron chi connectivity index (χ1n) is 5.17. The van der Waals surface area contributed by atoms with E-state index >= 15 is 0 Å². The fraction of sp³-hybridized carbons (Fsp3) is 0.143. The van der Waals surface area contributed by atoms with Crippen molar-refractivity contribution in [2.45, 2.75) is 6.42 Å². The summed E-state index contributed by atoms with van der Waals surface area (Å²) in [4.78, 5) is 0. The molecule has 2 nitrogen and oxygen atoms in total. The van der Waals surface area contributed by atoms with Crippen molar-refractivity contribution in [1.82, 2.24) is 0 Å². The number of hydrogen-bond donors (Lipinski definition) is 1. The molecule has 1 radical (unpaired) electrons. The number of para-hydroxylation sites is 1. The van der Waals surface area contributed by atoms with Crippen LogP contribution in [0.2, 0.25) is 0 Å². The third-order valence-corrected chi connectivity index (χ3v) is 2.57. The Hall–Kier alpha value is -1.96. The minimum atomic E-state index is 0.782. The molecule has 0 fully saturated rings. The van der Waals surface area contributed by atoms with Gasteiger partial charge in [0, 0.05) is 12.1 Å². The molecule has 81 valence electrons. The lowest BCUT2D eigenvalue weighted by Crippen LogP contribution is -1.97. The van der Waals surface area contributed by atoms with Crippen LogP contribution in [0.15, 0.2) is 42.5 Å². The smallest absolute Gasteiger partial charge is 0.123 e. The number of methoxy groups -OCH3 is 1. The average molecular weight is 212 g/mol. The number of nitrogens with two attached hydrogens (primary N) is 1. The highest BCUT2D eigenvalue weighted by atomic mass is 16.5. The van der Waals surface area contributed by atoms with Gasteiger partial charge in [-0.1, -0.05) is 30.3 Å². The molecule has 2 rings (SSSR count). The molecular formula is C14H14NO. The molecule has 0 aliphatic carbocycles. The van der Waals surface area contributed by atoms with Crippen molar-refractivity contribution in [1.29, 1.82) is 0 Å². The van der Waals surface area contributed by atoms with Crippen LogP contribution in [-0.2, 0) is 6.42 Å². The number of ether oxygens (including phenoxy) is 1. The van der Waals surface area contributed by atoms with Crippen LogP contribution >= 0.6 is 0 Å². The standard InChI is InChI=1S/C14H14NO/c1-16-14-9-5-3-7-12(14)10-11-6-2-4-8-13(11)15/h2-4,6-9H,10,15H2,1H3. The molecule has 0 aliphatic rings. The van der Waals surface area contributed by atoms with Gasteiger partial charge >= 0.3 is 0 Å². The van der Waals surface area contributed by atoms with Crippen LogP contribution in [0.1, 0.15) is 11.1 Å². The van der Waals surface area contributed by atoms with E-state index in [2.05, 4.69) is 6.07 Å². The van der Waals surface area contributed by atoms with Gasteiger partial charge in [0.1, 0.15) is 5.75 Å². The van der Waals surface area contributed by atoms with Gasteiger partial charge in [0.15, 0.2) is 0 Å². The minimum Gasteiger partial charge on any atom is -0.496 e. The summed E-state index contributed by atoms with van der Waals surface area (Å²) in [6.45, 7) is 0. The van der Waals surface area contributed by atoms with Crippen LogP contribution in [-0.4, -0.2) is 7.11 Å². The van der Waals surface area contributed by atoms with E-state index in [-0.39, 0.29) is 0 Å². The van der Waals surface area contributed by atoms with Crippen LogP contribution in [0.3, 0.4) is 0 Å². The molecule has 0 amide bonds. The Morgan fingerprint density at radius 3 is 2.75 bits per heavy atom. The van der Waals surface area contributed by atoms with Gasteiger partial charge in [-0.25, -0.2) is 0 Å². The van der Waals surface area contributed by atoms with E-state index in [1.807, 2.05) is 42.5 Å². The van der Waals surface area contributed by atoms with E-state index in [1.165, 1.54) is 0 Å². The number of anilines is 1. The molecule has 0 bridgehead atoms. The average Bonchev–Trinajstić information content (AvgIpc) is 2.33. The molecule has 0 unspecified atom stereocenters. The van der Waals surface area contributed by atoms with Gasteiger partial charge in [-0.2, -0.15) is 0 Å². The highest BCUT2D eigenvalue weighted by Crippen LogP contribution is 2.23. The molecule has 0 heterocycles. The lowest BCUT2D eigenvalue weighted by Gasteiger charge is -2.09. The Labute approximate surface area is 95.7 Å². The second-order valence-electron chi connectivity index (χ2n) is 3.61. The van der Waals surface area contributed by atoms with Crippen LogP contribution < -0.4 is 10.5 Å². The highest BCUT2D eigenvalue weighted by molar-refractivity contribution is 5.50. The van der Waals surface area contributed by atoms with Gasteiger partial charge in [0.25, 0.3) is 0 Å². The van der Waals surface area contributed by atoms with E-state index in [0.29, 0.717) is 0 Å². The fourth-order valence-corrected chi connectivity index (χ4v) is 1.68. The quantitative estimate of drug-likeness (QED) is 0.794. The van der Waals surface area contributed by atoms with Gasteiger partial charge in [-0.15, -0.1) is 0 Å². The summed E-state index contributed by atoms with van der Waals surface area (Å²) >= 11 is 0. The largest absolute Gasteiger partial charge is 0.496 e. The van der Waals surface area contributed by atoms with Crippen molar-refractivity contribution in [3.8, 4) is 5.75 Å². The second kappa shape index (κ2) is 4.71. The second-order valence-corrected chi connectivity index (χ2v) is 3.61. The summed E-state index contributed by atoms with van der Waals surface area (Å²) in [5.74, 6) is 0.853. The Balaban J connectivity index is 2.30. The SMILES string of the molecule is COc1c[c]ccc1Cc1ccccc1N. The molecule has 16 heavy (non-hydrogen) atoms. The molecule has 0 aliphatic heterocycles. The maximum Gasteiger partial charge on any atom is 0.123 e. The van der Waals surface area contributed by atoms with Crippen molar-refractivity contribution in [2.75, 3.05) is 12.8 Å². The Morgan fingerprint density at radius 1 is 1.19 bits per heavy atom. The number of benzene rings is 2. The molecule has 2 N–H and O–H groups in total. The summed E-state index contributed by atoms with van der Waals surface area (Å²) in [6, 6.07) is 16.6. The van der Waals surface area contributed by atoms with Crippen LogP contribution in [0.5, 0.6) is 5.75 Å². The molecule has 0 atom stereocenters. The van der Waals surface area contributed by atoms with Crippen LogP contribution in [0.4, 0.5) is 5.69 Å². The van der Waals surface area contributed by atoms with Crippen molar-refractivity contribution >= 4 is 5.69 Å². The maximum atomic E-state index is 5.91. The maximum absolute atomic E-state index is 5.91. The third kappa shape index (κ3) is 2.16. The van der Waals surface area contributed by atoms with Gasteiger partial charge in [0.2, 0.25) is 0 Å². The zero-order chi connectivity index (χ0) is 11.4. The van der Waals surface area contributed by atoms with E-state index in [1.54, 1.807) is 7.11 Å². The van der Waals surface area contributed by atoms with Crippen molar-refractivity contribution in [3.05, 3.63) is 59.7 Å². The van der Waals surface area contributed by atoms with Gasteiger partial charge < -0.3 is 10.5 Å². The molecule has 2 heteroatoms. The monoisotopic (exact) mass is 212 g/mol. The summed E-state index contributed by atoms with van der Waals surface area (Å²) in [6.07, 6.45) is 0.782. The van der Waals surface area contributed by atoms with E-state index in [4.69, 9.17) is 10.5 Å². The molecule has 0 saturated carbocycles. The van der Waals surface area contributed by atoms with Gasteiger partial charge in [0.05, 0.1) is 7.11 Å². The summed E-state index contributed by atoms with van der Waals surface area (Å²) in [5, 5.41) is 0. The topological polar surface area (TPSA) is 35.2 Å². The van der Waals surface area contributed by atoms with E-state index < -0.39 is 0 Å². The van der Waals surface area contributed by atoms with Crippen molar-refractivity contribution in [2.24, 2.45) is 0 Å². The predicted octanol–water partition coefficient (Wildman–Crippen LogP) is 2.67. The Kier molecular flexibility index (Phi) is 3.10. The van der Waals surface area contributed by atoms with Crippen molar-refractivity contribution in [3.63, 3.8) is 0 Å². The van der Waals surface area contributed by atoms with Crippen LogP contribution in [0, 0.1) is 6.07 Å². The summed E-state index contributed by atoms with van der Waals surface area (Å²) in [7, 11) is 1.67. The molecule has 0 saturated heterocycles.